The van der Waals surface area contributed by atoms with Crippen LogP contribution in [0.4, 0.5) is 0 Å². The monoisotopic (exact) mass is 402 g/mol. The van der Waals surface area contributed by atoms with E-state index in [9.17, 15) is 13.2 Å². The first-order chi connectivity index (χ1) is 13.4. The molecule has 1 saturated carbocycles. The van der Waals surface area contributed by atoms with Gasteiger partial charge in [-0.3, -0.25) is 4.57 Å². The Labute approximate surface area is 162 Å². The van der Waals surface area contributed by atoms with Crippen molar-refractivity contribution in [2.45, 2.75) is 44.2 Å². The van der Waals surface area contributed by atoms with Crippen molar-refractivity contribution in [3.63, 3.8) is 0 Å². The largest absolute Gasteiger partial charge is 0.461 e. The van der Waals surface area contributed by atoms with Crippen molar-refractivity contribution in [3.8, 4) is 11.6 Å². The van der Waals surface area contributed by atoms with E-state index in [4.69, 9.17) is 4.42 Å². The van der Waals surface area contributed by atoms with Gasteiger partial charge in [-0.15, -0.1) is 5.10 Å². The summed E-state index contributed by atoms with van der Waals surface area (Å²) in [7, 11) is -3.65. The van der Waals surface area contributed by atoms with Crippen LogP contribution in [0.15, 0.2) is 50.7 Å². The van der Waals surface area contributed by atoms with Crippen LogP contribution in [-0.4, -0.2) is 29.3 Å². The Balaban J connectivity index is 1.52. The molecule has 0 bridgehead atoms. The maximum absolute atomic E-state index is 12.7. The van der Waals surface area contributed by atoms with Gasteiger partial charge in [0.05, 0.1) is 17.7 Å². The minimum absolute atomic E-state index is 0.0639. The summed E-state index contributed by atoms with van der Waals surface area (Å²) in [4.78, 5) is 12.9. The highest BCUT2D eigenvalue weighted by Crippen LogP contribution is 2.36. The Bertz CT molecular complexity index is 1160. The van der Waals surface area contributed by atoms with Gasteiger partial charge in [0.2, 0.25) is 15.8 Å². The number of nitrogens with one attached hydrogen (secondary N) is 1. The first kappa shape index (κ1) is 18.7. The summed E-state index contributed by atoms with van der Waals surface area (Å²) in [5.74, 6) is 1.01. The van der Waals surface area contributed by atoms with E-state index in [1.165, 1.54) is 10.9 Å². The molecule has 0 spiro atoms. The maximum Gasteiger partial charge on any atom is 0.346 e. The number of hydrogen-bond donors (Lipinski definition) is 1. The number of nitrogens with zero attached hydrogens (tertiary/aromatic N) is 3. The maximum atomic E-state index is 12.7. The van der Waals surface area contributed by atoms with Crippen molar-refractivity contribution in [2.75, 3.05) is 6.54 Å². The first-order valence-corrected chi connectivity index (χ1v) is 10.7. The van der Waals surface area contributed by atoms with Crippen LogP contribution in [0.2, 0.25) is 0 Å². The highest BCUT2D eigenvalue weighted by Gasteiger charge is 2.31. The van der Waals surface area contributed by atoms with E-state index < -0.39 is 10.0 Å². The molecule has 148 valence electrons. The molecule has 0 unspecified atom stereocenters. The van der Waals surface area contributed by atoms with Gasteiger partial charge >= 0.3 is 5.69 Å². The highest BCUT2D eigenvalue weighted by atomic mass is 32.2. The molecular weight excluding hydrogens is 380 g/mol. The molecule has 4 rings (SSSR count). The number of rotatable bonds is 7. The highest BCUT2D eigenvalue weighted by molar-refractivity contribution is 7.89. The quantitative estimate of drug-likeness (QED) is 0.653. The van der Waals surface area contributed by atoms with Crippen molar-refractivity contribution in [1.29, 1.82) is 0 Å². The summed E-state index contributed by atoms with van der Waals surface area (Å²) in [5.41, 5.74) is 1.69. The molecule has 0 amide bonds. The SMILES string of the molecule is Cc1ccc(S(=O)(=O)NCCn2nc(-c3ccco3)n(C3CC3)c2=O)cc1C. The fourth-order valence-electron chi connectivity index (χ4n) is 3.05. The van der Waals surface area contributed by atoms with Crippen molar-refractivity contribution < 1.29 is 12.8 Å². The summed E-state index contributed by atoms with van der Waals surface area (Å²) in [6, 6.07) is 8.63. The van der Waals surface area contributed by atoms with Crippen LogP contribution in [0, 0.1) is 13.8 Å². The zero-order chi connectivity index (χ0) is 19.9. The van der Waals surface area contributed by atoms with Crippen LogP contribution in [0.1, 0.15) is 30.0 Å². The molecule has 0 radical (unpaired) electrons. The summed E-state index contributed by atoms with van der Waals surface area (Å²) in [6.45, 7) is 4.00. The summed E-state index contributed by atoms with van der Waals surface area (Å²) in [6.07, 6.45) is 3.39. The average Bonchev–Trinajstić information content (AvgIpc) is 3.22. The van der Waals surface area contributed by atoms with E-state index in [1.807, 2.05) is 13.8 Å². The molecule has 28 heavy (non-hydrogen) atoms. The molecule has 2 heterocycles. The minimum atomic E-state index is -3.65. The number of hydrogen-bond acceptors (Lipinski definition) is 5. The van der Waals surface area contributed by atoms with Crippen LogP contribution in [-0.2, 0) is 16.6 Å². The molecule has 2 aromatic heterocycles. The molecule has 3 aromatic rings. The molecule has 1 fully saturated rings. The molecule has 8 nitrogen and oxygen atoms in total. The Kier molecular flexibility index (Phi) is 4.72. The third-order valence-corrected chi connectivity index (χ3v) is 6.39. The molecule has 0 atom stereocenters. The smallest absolute Gasteiger partial charge is 0.346 e. The fraction of sp³-hybridized carbons (Fsp3) is 0.368. The molecular formula is C19H22N4O4S. The Morgan fingerprint density at radius 3 is 2.64 bits per heavy atom. The van der Waals surface area contributed by atoms with Crippen molar-refractivity contribution in [1.82, 2.24) is 19.1 Å². The lowest BCUT2D eigenvalue weighted by molar-refractivity contribution is 0.546. The topological polar surface area (TPSA) is 99.1 Å². The number of benzene rings is 1. The van der Waals surface area contributed by atoms with Crippen LogP contribution in [0.3, 0.4) is 0 Å². The summed E-state index contributed by atoms with van der Waals surface area (Å²) < 4.78 is 35.9. The molecule has 0 aliphatic heterocycles. The molecule has 0 saturated heterocycles. The first-order valence-electron chi connectivity index (χ1n) is 9.17. The van der Waals surface area contributed by atoms with E-state index in [1.54, 1.807) is 34.9 Å². The molecule has 1 aliphatic rings. The van der Waals surface area contributed by atoms with Gasteiger partial charge in [-0.1, -0.05) is 6.07 Å². The second-order valence-corrected chi connectivity index (χ2v) is 8.82. The molecule has 1 N–H and O–H groups in total. The Hall–Kier alpha value is -2.65. The van der Waals surface area contributed by atoms with Crippen LogP contribution in [0.25, 0.3) is 11.6 Å². The van der Waals surface area contributed by atoms with E-state index in [-0.39, 0.29) is 29.7 Å². The molecule has 9 heteroatoms. The van der Waals surface area contributed by atoms with E-state index >= 15 is 0 Å². The zero-order valence-electron chi connectivity index (χ0n) is 15.8. The Morgan fingerprint density at radius 2 is 2.00 bits per heavy atom. The van der Waals surface area contributed by atoms with Gasteiger partial charge < -0.3 is 4.42 Å². The average molecular weight is 402 g/mol. The van der Waals surface area contributed by atoms with Gasteiger partial charge in [0.25, 0.3) is 0 Å². The lowest BCUT2D eigenvalue weighted by atomic mass is 10.1. The van der Waals surface area contributed by atoms with Crippen molar-refractivity contribution in [3.05, 3.63) is 58.2 Å². The van der Waals surface area contributed by atoms with E-state index in [0.717, 1.165) is 24.0 Å². The Morgan fingerprint density at radius 1 is 1.21 bits per heavy atom. The number of aromatic nitrogens is 3. The van der Waals surface area contributed by atoms with E-state index in [2.05, 4.69) is 9.82 Å². The predicted octanol–water partition coefficient (Wildman–Crippen LogP) is 2.24. The van der Waals surface area contributed by atoms with Gasteiger partial charge in [0.15, 0.2) is 5.76 Å². The van der Waals surface area contributed by atoms with Crippen molar-refractivity contribution in [2.24, 2.45) is 0 Å². The number of sulfonamides is 1. The van der Waals surface area contributed by atoms with Crippen LogP contribution in [0.5, 0.6) is 0 Å². The minimum Gasteiger partial charge on any atom is -0.461 e. The van der Waals surface area contributed by atoms with Crippen LogP contribution < -0.4 is 10.4 Å². The third kappa shape index (κ3) is 3.55. The fourth-order valence-corrected chi connectivity index (χ4v) is 4.16. The second kappa shape index (κ2) is 7.06. The van der Waals surface area contributed by atoms with Gasteiger partial charge in [-0.2, -0.15) is 0 Å². The lowest BCUT2D eigenvalue weighted by Crippen LogP contribution is -2.32. The van der Waals surface area contributed by atoms with Gasteiger partial charge in [0, 0.05) is 12.6 Å². The zero-order valence-corrected chi connectivity index (χ0v) is 16.6. The predicted molar refractivity (Wildman–Crippen MR) is 104 cm³/mol. The summed E-state index contributed by atoms with van der Waals surface area (Å²) >= 11 is 0. The van der Waals surface area contributed by atoms with Gasteiger partial charge in [0.1, 0.15) is 0 Å². The number of aryl methyl sites for hydroxylation is 2. The lowest BCUT2D eigenvalue weighted by Gasteiger charge is -2.08. The third-order valence-electron chi connectivity index (χ3n) is 4.93. The number of furan rings is 1. The molecule has 1 aromatic carbocycles. The van der Waals surface area contributed by atoms with E-state index in [0.29, 0.717) is 11.6 Å². The van der Waals surface area contributed by atoms with Crippen molar-refractivity contribution >= 4 is 10.0 Å². The standard InChI is InChI=1S/C19H22N4O4S/c1-13-5-8-16(12-14(13)2)28(25,26)20-9-10-22-19(24)23(15-6-7-15)18(21-22)17-4-3-11-27-17/h3-5,8,11-12,15,20H,6-7,9-10H2,1-2H3. The van der Waals surface area contributed by atoms with Crippen LogP contribution >= 0.6 is 0 Å². The van der Waals surface area contributed by atoms with Gasteiger partial charge in [-0.05, 0) is 62.1 Å². The van der Waals surface area contributed by atoms with Gasteiger partial charge in [-0.25, -0.2) is 22.6 Å². The molecule has 1 aliphatic carbocycles. The summed E-state index contributed by atoms with van der Waals surface area (Å²) in [5, 5.41) is 4.37. The second-order valence-electron chi connectivity index (χ2n) is 7.05. The normalized spacial score (nSPS) is 14.5.